The fraction of sp³-hybridized carbons (Fsp3) is 1.00. The molecular formula is C8H11ClO2. The molecule has 1 aliphatic heterocycles. The van der Waals surface area contributed by atoms with E-state index in [2.05, 4.69) is 0 Å². The van der Waals surface area contributed by atoms with Gasteiger partial charge in [0.1, 0.15) is 0 Å². The molecule has 0 aromatic carbocycles. The Kier molecular flexibility index (Phi) is 1.17. The zero-order valence-electron chi connectivity index (χ0n) is 6.25. The zero-order chi connectivity index (χ0) is 7.47. The summed E-state index contributed by atoms with van der Waals surface area (Å²) in [6.45, 7) is 1.51. The van der Waals surface area contributed by atoms with Crippen molar-refractivity contribution in [1.82, 2.24) is 0 Å². The first-order valence-electron chi connectivity index (χ1n) is 4.25. The molecular weight excluding hydrogens is 164 g/mol. The van der Waals surface area contributed by atoms with Gasteiger partial charge in [-0.1, -0.05) is 0 Å². The van der Waals surface area contributed by atoms with E-state index in [0.717, 1.165) is 19.6 Å². The van der Waals surface area contributed by atoms with Crippen LogP contribution in [0.2, 0.25) is 0 Å². The average Bonchev–Trinajstić information content (AvgIpc) is 2.52. The molecule has 0 bridgehead atoms. The first-order valence-corrected chi connectivity index (χ1v) is 4.69. The molecule has 3 atom stereocenters. The van der Waals surface area contributed by atoms with Crippen molar-refractivity contribution in [1.29, 1.82) is 0 Å². The van der Waals surface area contributed by atoms with Crippen LogP contribution in [0.1, 0.15) is 12.8 Å². The fourth-order valence-corrected chi connectivity index (χ4v) is 3.16. The Hall–Kier alpha value is 0.210. The Morgan fingerprint density at radius 3 is 2.55 bits per heavy atom. The maximum atomic E-state index is 6.06. The van der Waals surface area contributed by atoms with E-state index in [1.165, 1.54) is 6.42 Å². The summed E-state index contributed by atoms with van der Waals surface area (Å²) < 4.78 is 11.2. The minimum Gasteiger partial charge on any atom is -0.347 e. The summed E-state index contributed by atoms with van der Waals surface area (Å²) >= 11 is 6.06. The van der Waals surface area contributed by atoms with Crippen LogP contribution in [0, 0.1) is 11.8 Å². The van der Waals surface area contributed by atoms with Crippen LogP contribution >= 0.6 is 11.6 Å². The van der Waals surface area contributed by atoms with E-state index in [-0.39, 0.29) is 5.79 Å². The molecule has 62 valence electrons. The van der Waals surface area contributed by atoms with Crippen molar-refractivity contribution in [2.45, 2.75) is 24.0 Å². The van der Waals surface area contributed by atoms with E-state index in [9.17, 15) is 0 Å². The summed E-state index contributed by atoms with van der Waals surface area (Å²) in [7, 11) is 0. The second kappa shape index (κ2) is 1.93. The quantitative estimate of drug-likeness (QED) is 0.517. The van der Waals surface area contributed by atoms with Crippen molar-refractivity contribution in [3.63, 3.8) is 0 Å². The molecule has 2 saturated carbocycles. The van der Waals surface area contributed by atoms with Crippen molar-refractivity contribution in [3.8, 4) is 0 Å². The third-order valence-electron chi connectivity index (χ3n) is 3.18. The highest BCUT2D eigenvalue weighted by Gasteiger charge is 2.67. The minimum absolute atomic E-state index is 0.239. The van der Waals surface area contributed by atoms with E-state index in [0.29, 0.717) is 17.2 Å². The molecule has 2 aliphatic carbocycles. The Morgan fingerprint density at radius 2 is 2.00 bits per heavy atom. The average molecular weight is 175 g/mol. The van der Waals surface area contributed by atoms with E-state index in [1.807, 2.05) is 0 Å². The fourth-order valence-electron chi connectivity index (χ4n) is 2.58. The van der Waals surface area contributed by atoms with Gasteiger partial charge in [0.2, 0.25) is 0 Å². The molecule has 0 aromatic heterocycles. The van der Waals surface area contributed by atoms with Gasteiger partial charge >= 0.3 is 0 Å². The molecule has 1 heterocycles. The van der Waals surface area contributed by atoms with Crippen LogP contribution in [0.3, 0.4) is 0 Å². The number of halogens is 1. The van der Waals surface area contributed by atoms with Gasteiger partial charge < -0.3 is 9.47 Å². The van der Waals surface area contributed by atoms with Crippen molar-refractivity contribution in [2.75, 3.05) is 13.2 Å². The molecule has 1 unspecified atom stereocenters. The predicted octanol–water partition coefficient (Wildman–Crippen LogP) is 1.38. The molecule has 3 heteroatoms. The van der Waals surface area contributed by atoms with Crippen molar-refractivity contribution in [2.24, 2.45) is 11.8 Å². The molecule has 2 nitrogen and oxygen atoms in total. The van der Waals surface area contributed by atoms with Crippen LogP contribution in [0.4, 0.5) is 0 Å². The monoisotopic (exact) mass is 174 g/mol. The Balaban J connectivity index is 1.87. The summed E-state index contributed by atoms with van der Waals surface area (Å²) in [5, 5.41) is 0.335. The van der Waals surface area contributed by atoms with Crippen molar-refractivity contribution in [3.05, 3.63) is 0 Å². The van der Waals surface area contributed by atoms with E-state index in [4.69, 9.17) is 21.1 Å². The van der Waals surface area contributed by atoms with Crippen LogP contribution in [0.15, 0.2) is 0 Å². The smallest absolute Gasteiger partial charge is 0.173 e. The summed E-state index contributed by atoms with van der Waals surface area (Å²) in [6.07, 6.45) is 2.25. The summed E-state index contributed by atoms with van der Waals surface area (Å²) in [4.78, 5) is 0. The lowest BCUT2D eigenvalue weighted by Gasteiger charge is -2.23. The first kappa shape index (κ1) is 6.70. The number of ether oxygens (including phenoxy) is 2. The highest BCUT2D eigenvalue weighted by molar-refractivity contribution is 6.23. The minimum atomic E-state index is -0.239. The molecule has 11 heavy (non-hydrogen) atoms. The zero-order valence-corrected chi connectivity index (χ0v) is 7.01. The van der Waals surface area contributed by atoms with Crippen LogP contribution in [-0.2, 0) is 9.47 Å². The third kappa shape index (κ3) is 0.707. The molecule has 1 spiro atoms. The lowest BCUT2D eigenvalue weighted by atomic mass is 10.1. The number of hydrogen-bond acceptors (Lipinski definition) is 2. The Morgan fingerprint density at radius 1 is 1.27 bits per heavy atom. The maximum Gasteiger partial charge on any atom is 0.173 e. The van der Waals surface area contributed by atoms with E-state index in [1.54, 1.807) is 0 Å². The highest BCUT2D eigenvalue weighted by Crippen LogP contribution is 2.62. The lowest BCUT2D eigenvalue weighted by molar-refractivity contribution is -0.166. The number of fused-ring (bicyclic) bond motifs is 2. The summed E-state index contributed by atoms with van der Waals surface area (Å²) in [5.74, 6) is 0.957. The predicted molar refractivity (Wildman–Crippen MR) is 40.5 cm³/mol. The molecule has 0 N–H and O–H groups in total. The van der Waals surface area contributed by atoms with Gasteiger partial charge in [0.05, 0.1) is 13.2 Å². The normalized spacial score (nSPS) is 51.5. The van der Waals surface area contributed by atoms with Gasteiger partial charge in [-0.15, -0.1) is 11.6 Å². The molecule has 3 fully saturated rings. The molecule has 0 amide bonds. The molecule has 3 aliphatic rings. The van der Waals surface area contributed by atoms with Gasteiger partial charge in [0.15, 0.2) is 5.79 Å². The molecule has 0 radical (unpaired) electrons. The van der Waals surface area contributed by atoms with Crippen LogP contribution in [0.5, 0.6) is 0 Å². The van der Waals surface area contributed by atoms with Gasteiger partial charge in [0, 0.05) is 17.7 Å². The second-order valence-electron chi connectivity index (χ2n) is 3.68. The van der Waals surface area contributed by atoms with Gasteiger partial charge in [-0.05, 0) is 12.3 Å². The summed E-state index contributed by atoms with van der Waals surface area (Å²) in [5.41, 5.74) is 0. The molecule has 1 saturated heterocycles. The standard InChI is InChI=1S/C8H11ClO2/c9-7-5-1-2-8(6(5)7)10-3-4-11-8/h5-7H,1-4H2/t5-,6+,7?/m1/s1. The Bertz CT molecular complexity index is 183. The number of hydrogen-bond donors (Lipinski definition) is 0. The lowest BCUT2D eigenvalue weighted by Crippen LogP contribution is -2.31. The van der Waals surface area contributed by atoms with Gasteiger partial charge in [-0.25, -0.2) is 0 Å². The van der Waals surface area contributed by atoms with Gasteiger partial charge in [-0.3, -0.25) is 0 Å². The molecule has 3 rings (SSSR count). The van der Waals surface area contributed by atoms with Crippen LogP contribution < -0.4 is 0 Å². The molecule has 0 aromatic rings. The topological polar surface area (TPSA) is 18.5 Å². The number of alkyl halides is 1. The SMILES string of the molecule is ClC1[C@@H]2[C@H]1CCC21OCCO1. The van der Waals surface area contributed by atoms with Crippen LogP contribution in [-0.4, -0.2) is 24.4 Å². The van der Waals surface area contributed by atoms with Gasteiger partial charge in [-0.2, -0.15) is 0 Å². The summed E-state index contributed by atoms with van der Waals surface area (Å²) in [6, 6.07) is 0. The largest absolute Gasteiger partial charge is 0.347 e. The van der Waals surface area contributed by atoms with Crippen molar-refractivity contribution < 1.29 is 9.47 Å². The van der Waals surface area contributed by atoms with Crippen molar-refractivity contribution >= 4 is 11.6 Å². The Labute approximate surface area is 70.8 Å². The second-order valence-corrected chi connectivity index (χ2v) is 4.19. The van der Waals surface area contributed by atoms with E-state index < -0.39 is 0 Å². The number of rotatable bonds is 0. The van der Waals surface area contributed by atoms with Gasteiger partial charge in [0.25, 0.3) is 0 Å². The van der Waals surface area contributed by atoms with E-state index >= 15 is 0 Å². The van der Waals surface area contributed by atoms with Crippen LogP contribution in [0.25, 0.3) is 0 Å². The maximum absolute atomic E-state index is 6.06. The third-order valence-corrected chi connectivity index (χ3v) is 3.78. The highest BCUT2D eigenvalue weighted by atomic mass is 35.5. The first-order chi connectivity index (χ1) is 5.33.